The second-order valence-corrected chi connectivity index (χ2v) is 6.54. The zero-order chi connectivity index (χ0) is 17.3. The summed E-state index contributed by atoms with van der Waals surface area (Å²) in [7, 11) is 0. The molecule has 1 aromatic carbocycles. The molecule has 3 aromatic rings. The Labute approximate surface area is 151 Å². The lowest BCUT2D eigenvalue weighted by molar-refractivity contribution is 0.171. The van der Waals surface area contributed by atoms with Gasteiger partial charge in [-0.2, -0.15) is 5.10 Å². The van der Waals surface area contributed by atoms with Gasteiger partial charge in [0.15, 0.2) is 11.5 Å². The SMILES string of the molecule is c1cncc(-c2nn(-c3ccc4c(c3)OCCO4)c3c2CCCCN3)c1. The van der Waals surface area contributed by atoms with Crippen LogP contribution in [0.5, 0.6) is 11.5 Å². The van der Waals surface area contributed by atoms with Gasteiger partial charge in [-0.1, -0.05) is 0 Å². The summed E-state index contributed by atoms with van der Waals surface area (Å²) in [5.41, 5.74) is 4.27. The van der Waals surface area contributed by atoms with E-state index in [2.05, 4.69) is 16.4 Å². The highest BCUT2D eigenvalue weighted by Gasteiger charge is 2.23. The Balaban J connectivity index is 1.66. The van der Waals surface area contributed by atoms with Crippen LogP contribution in [0.15, 0.2) is 42.7 Å². The fourth-order valence-corrected chi connectivity index (χ4v) is 3.59. The molecular weight excluding hydrogens is 328 g/mol. The van der Waals surface area contributed by atoms with Gasteiger partial charge in [0.1, 0.15) is 19.0 Å². The third kappa shape index (κ3) is 2.58. The van der Waals surface area contributed by atoms with Crippen molar-refractivity contribution in [1.82, 2.24) is 14.8 Å². The molecule has 132 valence electrons. The molecule has 0 atom stereocenters. The Hall–Kier alpha value is -3.02. The number of nitrogens with one attached hydrogen (secondary N) is 1. The number of ether oxygens (including phenoxy) is 2. The average Bonchev–Trinajstić information content (AvgIpc) is 2.89. The Morgan fingerprint density at radius 1 is 1.04 bits per heavy atom. The van der Waals surface area contributed by atoms with Gasteiger partial charge in [0, 0.05) is 36.1 Å². The number of fused-ring (bicyclic) bond motifs is 2. The van der Waals surface area contributed by atoms with E-state index in [1.807, 2.05) is 35.1 Å². The number of hydrogen-bond acceptors (Lipinski definition) is 5. The molecular formula is C20H20N4O2. The maximum atomic E-state index is 5.75. The zero-order valence-electron chi connectivity index (χ0n) is 14.4. The van der Waals surface area contributed by atoms with Crippen molar-refractivity contribution in [3.8, 4) is 28.4 Å². The molecule has 6 nitrogen and oxygen atoms in total. The summed E-state index contributed by atoms with van der Waals surface area (Å²) in [5, 5.41) is 8.51. The fraction of sp³-hybridized carbons (Fsp3) is 0.300. The Kier molecular flexibility index (Phi) is 3.74. The normalized spacial score (nSPS) is 15.7. The van der Waals surface area contributed by atoms with E-state index in [0.717, 1.165) is 60.1 Å². The van der Waals surface area contributed by atoms with Crippen LogP contribution in [-0.2, 0) is 6.42 Å². The first kappa shape index (κ1) is 15.3. The van der Waals surface area contributed by atoms with Crippen LogP contribution < -0.4 is 14.8 Å². The molecule has 0 fully saturated rings. The highest BCUT2D eigenvalue weighted by molar-refractivity contribution is 5.71. The first-order valence-electron chi connectivity index (χ1n) is 9.06. The third-order valence-electron chi connectivity index (χ3n) is 4.83. The number of rotatable bonds is 2. The molecule has 0 radical (unpaired) electrons. The van der Waals surface area contributed by atoms with Crippen LogP contribution in [0.4, 0.5) is 5.82 Å². The molecule has 0 spiro atoms. The molecule has 0 unspecified atom stereocenters. The summed E-state index contributed by atoms with van der Waals surface area (Å²) in [6, 6.07) is 10.0. The highest BCUT2D eigenvalue weighted by Crippen LogP contribution is 2.36. The molecule has 26 heavy (non-hydrogen) atoms. The van der Waals surface area contributed by atoms with E-state index in [1.54, 1.807) is 6.20 Å². The third-order valence-corrected chi connectivity index (χ3v) is 4.83. The largest absolute Gasteiger partial charge is 0.486 e. The van der Waals surface area contributed by atoms with Crippen molar-refractivity contribution in [2.24, 2.45) is 0 Å². The molecule has 4 heterocycles. The minimum absolute atomic E-state index is 0.576. The van der Waals surface area contributed by atoms with Crippen molar-refractivity contribution in [3.05, 3.63) is 48.3 Å². The quantitative estimate of drug-likeness (QED) is 0.768. The first-order chi connectivity index (χ1) is 12.9. The zero-order valence-corrected chi connectivity index (χ0v) is 14.4. The number of anilines is 1. The lowest BCUT2D eigenvalue weighted by atomic mass is 10.1. The Morgan fingerprint density at radius 2 is 1.96 bits per heavy atom. The van der Waals surface area contributed by atoms with E-state index in [-0.39, 0.29) is 0 Å². The highest BCUT2D eigenvalue weighted by atomic mass is 16.6. The van der Waals surface area contributed by atoms with Crippen LogP contribution in [0.2, 0.25) is 0 Å². The van der Waals surface area contributed by atoms with Gasteiger partial charge in [-0.15, -0.1) is 0 Å². The predicted octanol–water partition coefficient (Wildman–Crippen LogP) is 3.45. The van der Waals surface area contributed by atoms with Crippen LogP contribution in [0.25, 0.3) is 16.9 Å². The molecule has 1 N–H and O–H groups in total. The van der Waals surface area contributed by atoms with Gasteiger partial charge >= 0.3 is 0 Å². The second-order valence-electron chi connectivity index (χ2n) is 6.54. The molecule has 2 aromatic heterocycles. The van der Waals surface area contributed by atoms with Crippen LogP contribution >= 0.6 is 0 Å². The van der Waals surface area contributed by atoms with E-state index in [1.165, 1.54) is 5.56 Å². The first-order valence-corrected chi connectivity index (χ1v) is 9.06. The van der Waals surface area contributed by atoms with E-state index < -0.39 is 0 Å². The van der Waals surface area contributed by atoms with E-state index >= 15 is 0 Å². The number of benzene rings is 1. The summed E-state index contributed by atoms with van der Waals surface area (Å²) in [6.07, 6.45) is 6.99. The molecule has 6 heteroatoms. The van der Waals surface area contributed by atoms with Gasteiger partial charge in [-0.3, -0.25) is 4.98 Å². The lowest BCUT2D eigenvalue weighted by Crippen LogP contribution is -2.15. The minimum atomic E-state index is 0.576. The van der Waals surface area contributed by atoms with Crippen molar-refractivity contribution in [2.75, 3.05) is 25.1 Å². The van der Waals surface area contributed by atoms with Gasteiger partial charge in [-0.25, -0.2) is 4.68 Å². The van der Waals surface area contributed by atoms with Crippen LogP contribution in [-0.4, -0.2) is 34.5 Å². The smallest absolute Gasteiger partial charge is 0.163 e. The molecule has 0 saturated heterocycles. The molecule has 5 rings (SSSR count). The summed E-state index contributed by atoms with van der Waals surface area (Å²) < 4.78 is 13.4. The Morgan fingerprint density at radius 3 is 2.85 bits per heavy atom. The number of aromatic nitrogens is 3. The van der Waals surface area contributed by atoms with Gasteiger partial charge < -0.3 is 14.8 Å². The molecule has 2 aliphatic heterocycles. The average molecular weight is 348 g/mol. The van der Waals surface area contributed by atoms with Crippen molar-refractivity contribution in [1.29, 1.82) is 0 Å². The van der Waals surface area contributed by atoms with Crippen LogP contribution in [0, 0.1) is 0 Å². The molecule has 0 saturated carbocycles. The van der Waals surface area contributed by atoms with Gasteiger partial charge in [0.2, 0.25) is 0 Å². The van der Waals surface area contributed by atoms with E-state index in [9.17, 15) is 0 Å². The van der Waals surface area contributed by atoms with Crippen molar-refractivity contribution >= 4 is 5.82 Å². The van der Waals surface area contributed by atoms with Crippen LogP contribution in [0.1, 0.15) is 18.4 Å². The summed E-state index contributed by atoms with van der Waals surface area (Å²) >= 11 is 0. The second kappa shape index (κ2) is 6.37. The predicted molar refractivity (Wildman–Crippen MR) is 99.2 cm³/mol. The summed E-state index contributed by atoms with van der Waals surface area (Å²) in [5.74, 6) is 2.63. The summed E-state index contributed by atoms with van der Waals surface area (Å²) in [4.78, 5) is 4.27. The molecule has 0 bridgehead atoms. The number of pyridine rings is 1. The van der Waals surface area contributed by atoms with E-state index in [4.69, 9.17) is 14.6 Å². The molecule has 2 aliphatic rings. The maximum Gasteiger partial charge on any atom is 0.163 e. The molecule has 0 amide bonds. The van der Waals surface area contributed by atoms with Gasteiger partial charge in [0.25, 0.3) is 0 Å². The van der Waals surface area contributed by atoms with Crippen molar-refractivity contribution in [2.45, 2.75) is 19.3 Å². The summed E-state index contributed by atoms with van der Waals surface area (Å²) in [6.45, 7) is 2.12. The van der Waals surface area contributed by atoms with Gasteiger partial charge in [0.05, 0.1) is 11.4 Å². The standard InChI is InChI=1S/C20H20N4O2/c1-2-9-22-20-16(5-1)19(14-4-3-8-21-13-14)23-24(20)15-6-7-17-18(12-15)26-11-10-25-17/h3-4,6-8,12-13,22H,1-2,5,9-11H2. The number of nitrogens with zero attached hydrogens (tertiary/aromatic N) is 3. The maximum absolute atomic E-state index is 5.75. The van der Waals surface area contributed by atoms with E-state index in [0.29, 0.717) is 13.2 Å². The minimum Gasteiger partial charge on any atom is -0.486 e. The Bertz CT molecular complexity index is 936. The van der Waals surface area contributed by atoms with Crippen LogP contribution in [0.3, 0.4) is 0 Å². The monoisotopic (exact) mass is 348 g/mol. The lowest BCUT2D eigenvalue weighted by Gasteiger charge is -2.19. The van der Waals surface area contributed by atoms with Gasteiger partial charge in [-0.05, 0) is 43.5 Å². The topological polar surface area (TPSA) is 61.2 Å². The van der Waals surface area contributed by atoms with Crippen molar-refractivity contribution < 1.29 is 9.47 Å². The molecule has 0 aliphatic carbocycles. The number of hydrogen-bond donors (Lipinski definition) is 1. The van der Waals surface area contributed by atoms with Crippen molar-refractivity contribution in [3.63, 3.8) is 0 Å². The fourth-order valence-electron chi connectivity index (χ4n) is 3.59.